The summed E-state index contributed by atoms with van der Waals surface area (Å²) < 4.78 is 12.5. The molecular weight excluding hydrogens is 360 g/mol. The number of aliphatic hydroxyl groups is 1. The van der Waals surface area contributed by atoms with Gasteiger partial charge in [-0.25, -0.2) is 0 Å². The fourth-order valence-corrected chi connectivity index (χ4v) is 2.68. The smallest absolute Gasteiger partial charge is 0.191 e. The van der Waals surface area contributed by atoms with Gasteiger partial charge in [-0.3, -0.25) is 4.99 Å². The van der Waals surface area contributed by atoms with Crippen molar-refractivity contribution in [3.05, 3.63) is 35.9 Å². The average molecular weight is 390 g/mol. The van der Waals surface area contributed by atoms with E-state index < -0.39 is 6.10 Å². The molecule has 0 fully saturated rings. The number of benzene rings is 1. The molecule has 28 heavy (non-hydrogen) atoms. The van der Waals surface area contributed by atoms with E-state index in [0.717, 1.165) is 25.3 Å². The maximum Gasteiger partial charge on any atom is 0.191 e. The zero-order chi connectivity index (χ0) is 20.4. The van der Waals surface area contributed by atoms with Crippen molar-refractivity contribution in [2.75, 3.05) is 33.9 Å². The lowest BCUT2D eigenvalue weighted by molar-refractivity contribution is 0.186. The highest BCUT2D eigenvalue weighted by Gasteiger charge is 2.11. The molecule has 0 amide bonds. The molecule has 3 N–H and O–H groups in total. The minimum Gasteiger partial charge on any atom is -0.497 e. The number of rotatable bonds is 10. The van der Waals surface area contributed by atoms with Crippen LogP contribution in [0.1, 0.15) is 31.3 Å². The number of aliphatic imine (C=N–C) groups is 1. The Bertz CT molecular complexity index is 740. The standard InChI is InChI=1S/C19H30N6O3/c1-5-18-24-23-13-25(18)8-7-21-19(20-6-2)22-12-17(26)14-9-15(27-3)11-16(10-14)28-4/h9-11,13,17,26H,5-8,12H2,1-4H3,(H2,20,21,22). The van der Waals surface area contributed by atoms with Crippen LogP contribution >= 0.6 is 0 Å². The van der Waals surface area contributed by atoms with Crippen molar-refractivity contribution in [1.82, 2.24) is 25.4 Å². The van der Waals surface area contributed by atoms with E-state index in [0.29, 0.717) is 29.6 Å². The molecule has 1 aromatic carbocycles. The van der Waals surface area contributed by atoms with Crippen molar-refractivity contribution in [3.8, 4) is 11.5 Å². The quantitative estimate of drug-likeness (QED) is 0.413. The second-order valence-corrected chi connectivity index (χ2v) is 6.10. The van der Waals surface area contributed by atoms with Crippen LogP contribution in [0.3, 0.4) is 0 Å². The number of ether oxygens (including phenoxy) is 2. The number of aliphatic hydroxyl groups excluding tert-OH is 1. The first-order valence-electron chi connectivity index (χ1n) is 9.41. The number of hydrogen-bond donors (Lipinski definition) is 3. The first kappa shape index (κ1) is 21.5. The van der Waals surface area contributed by atoms with Gasteiger partial charge >= 0.3 is 0 Å². The van der Waals surface area contributed by atoms with Gasteiger partial charge in [0, 0.05) is 32.1 Å². The Balaban J connectivity index is 1.97. The molecule has 1 heterocycles. The highest BCUT2D eigenvalue weighted by Crippen LogP contribution is 2.26. The minimum absolute atomic E-state index is 0.207. The molecular formula is C19H30N6O3. The summed E-state index contributed by atoms with van der Waals surface area (Å²) in [7, 11) is 3.16. The van der Waals surface area contributed by atoms with Crippen LogP contribution in [-0.4, -0.2) is 59.7 Å². The highest BCUT2D eigenvalue weighted by atomic mass is 16.5. The summed E-state index contributed by atoms with van der Waals surface area (Å²) >= 11 is 0. The summed E-state index contributed by atoms with van der Waals surface area (Å²) in [6.45, 7) is 6.38. The maximum absolute atomic E-state index is 10.5. The number of hydrogen-bond acceptors (Lipinski definition) is 6. The van der Waals surface area contributed by atoms with E-state index in [1.807, 2.05) is 11.5 Å². The second kappa shape index (κ2) is 11.1. The van der Waals surface area contributed by atoms with Crippen LogP contribution in [0.2, 0.25) is 0 Å². The first-order valence-corrected chi connectivity index (χ1v) is 9.41. The van der Waals surface area contributed by atoms with Crippen molar-refractivity contribution in [2.45, 2.75) is 32.9 Å². The Hall–Kier alpha value is -2.81. The van der Waals surface area contributed by atoms with E-state index in [-0.39, 0.29) is 6.54 Å². The van der Waals surface area contributed by atoms with Gasteiger partial charge in [-0.15, -0.1) is 10.2 Å². The molecule has 9 heteroatoms. The molecule has 2 rings (SSSR count). The van der Waals surface area contributed by atoms with Gasteiger partial charge in [-0.2, -0.15) is 0 Å². The molecule has 1 atom stereocenters. The van der Waals surface area contributed by atoms with Gasteiger partial charge in [0.25, 0.3) is 0 Å². The average Bonchev–Trinajstić information content (AvgIpc) is 3.18. The molecule has 2 aromatic rings. The largest absolute Gasteiger partial charge is 0.497 e. The maximum atomic E-state index is 10.5. The zero-order valence-corrected chi connectivity index (χ0v) is 17.0. The molecule has 0 spiro atoms. The van der Waals surface area contributed by atoms with Crippen LogP contribution in [0.15, 0.2) is 29.5 Å². The predicted molar refractivity (Wildman–Crippen MR) is 108 cm³/mol. The van der Waals surface area contributed by atoms with Crippen LogP contribution in [-0.2, 0) is 13.0 Å². The summed E-state index contributed by atoms with van der Waals surface area (Å²) in [5.74, 6) is 2.85. The number of guanidine groups is 1. The summed E-state index contributed by atoms with van der Waals surface area (Å²) in [4.78, 5) is 4.48. The van der Waals surface area contributed by atoms with Gasteiger partial charge < -0.3 is 29.8 Å². The highest BCUT2D eigenvalue weighted by molar-refractivity contribution is 5.79. The Morgan fingerprint density at radius 3 is 2.50 bits per heavy atom. The normalized spacial score (nSPS) is 12.5. The molecule has 1 aromatic heterocycles. The molecule has 1 unspecified atom stereocenters. The minimum atomic E-state index is -0.774. The van der Waals surface area contributed by atoms with Gasteiger partial charge in [0.1, 0.15) is 23.7 Å². The predicted octanol–water partition coefficient (Wildman–Crippen LogP) is 1.15. The van der Waals surface area contributed by atoms with E-state index in [4.69, 9.17) is 9.47 Å². The van der Waals surface area contributed by atoms with E-state index in [9.17, 15) is 5.11 Å². The summed E-state index contributed by atoms with van der Waals surface area (Å²) in [5, 5.41) is 25.0. The third kappa shape index (κ3) is 6.12. The molecule has 9 nitrogen and oxygen atoms in total. The number of methoxy groups -OCH3 is 2. The van der Waals surface area contributed by atoms with Crippen LogP contribution in [0.5, 0.6) is 11.5 Å². The van der Waals surface area contributed by atoms with Gasteiger partial charge in [0.05, 0.1) is 26.9 Å². The number of aromatic nitrogens is 3. The summed E-state index contributed by atoms with van der Waals surface area (Å²) in [6, 6.07) is 5.32. The molecule has 0 aliphatic rings. The first-order chi connectivity index (χ1) is 13.6. The topological polar surface area (TPSA) is 106 Å². The number of nitrogens with zero attached hydrogens (tertiary/aromatic N) is 4. The summed E-state index contributed by atoms with van der Waals surface area (Å²) in [5.41, 5.74) is 0.688. The van der Waals surface area contributed by atoms with Crippen molar-refractivity contribution < 1.29 is 14.6 Å². The Kier molecular flexibility index (Phi) is 8.54. The zero-order valence-electron chi connectivity index (χ0n) is 17.0. The fraction of sp³-hybridized carbons (Fsp3) is 0.526. The van der Waals surface area contributed by atoms with Crippen molar-refractivity contribution in [3.63, 3.8) is 0 Å². The van der Waals surface area contributed by atoms with Gasteiger partial charge in [-0.05, 0) is 24.6 Å². The van der Waals surface area contributed by atoms with Crippen molar-refractivity contribution in [1.29, 1.82) is 0 Å². The summed E-state index contributed by atoms with van der Waals surface area (Å²) in [6.07, 6.45) is 1.79. The number of aryl methyl sites for hydroxylation is 1. The Labute approximate surface area is 165 Å². The van der Waals surface area contributed by atoms with Crippen molar-refractivity contribution >= 4 is 5.96 Å². The molecule has 154 valence electrons. The van der Waals surface area contributed by atoms with E-state index in [1.165, 1.54) is 0 Å². The molecule has 0 aliphatic heterocycles. The second-order valence-electron chi connectivity index (χ2n) is 6.10. The third-order valence-electron chi connectivity index (χ3n) is 4.18. The van der Waals surface area contributed by atoms with Crippen LogP contribution in [0.4, 0.5) is 0 Å². The van der Waals surface area contributed by atoms with Gasteiger partial charge in [-0.1, -0.05) is 6.92 Å². The Morgan fingerprint density at radius 2 is 1.89 bits per heavy atom. The molecule has 0 saturated carbocycles. The lowest BCUT2D eigenvalue weighted by atomic mass is 10.1. The van der Waals surface area contributed by atoms with Crippen molar-refractivity contribution in [2.24, 2.45) is 4.99 Å². The number of nitrogens with one attached hydrogen (secondary N) is 2. The molecule has 0 saturated heterocycles. The Morgan fingerprint density at radius 1 is 1.18 bits per heavy atom. The van der Waals surface area contributed by atoms with Crippen LogP contribution in [0, 0.1) is 0 Å². The fourth-order valence-electron chi connectivity index (χ4n) is 2.68. The molecule has 0 aliphatic carbocycles. The molecule has 0 bridgehead atoms. The van der Waals surface area contributed by atoms with Gasteiger partial charge in [0.15, 0.2) is 5.96 Å². The van der Waals surface area contributed by atoms with Crippen LogP contribution in [0.25, 0.3) is 0 Å². The lowest BCUT2D eigenvalue weighted by Gasteiger charge is -2.15. The monoisotopic (exact) mass is 390 g/mol. The van der Waals surface area contributed by atoms with E-state index >= 15 is 0 Å². The van der Waals surface area contributed by atoms with Gasteiger partial charge in [0.2, 0.25) is 0 Å². The SMILES string of the molecule is CCNC(=NCC(O)c1cc(OC)cc(OC)c1)NCCn1cnnc1CC. The third-order valence-corrected chi connectivity index (χ3v) is 4.18. The van der Waals surface area contributed by atoms with E-state index in [2.05, 4.69) is 32.7 Å². The lowest BCUT2D eigenvalue weighted by Crippen LogP contribution is -2.39. The van der Waals surface area contributed by atoms with Crippen LogP contribution < -0.4 is 20.1 Å². The van der Waals surface area contributed by atoms with E-state index in [1.54, 1.807) is 38.7 Å². The molecule has 0 radical (unpaired) electrons.